The molecule has 3 heterocycles. The Balaban J connectivity index is 1.43. The molecule has 2 N–H and O–H groups in total. The summed E-state index contributed by atoms with van der Waals surface area (Å²) in [5.74, 6) is 0.446. The molecule has 1 saturated carbocycles. The lowest BCUT2D eigenvalue weighted by atomic mass is 10.0. The lowest BCUT2D eigenvalue weighted by Gasteiger charge is -2.37. The fraction of sp³-hybridized carbons (Fsp3) is 0.517. The van der Waals surface area contributed by atoms with E-state index in [4.69, 9.17) is 21.0 Å². The summed E-state index contributed by atoms with van der Waals surface area (Å²) in [6.45, 7) is 17.0. The first-order chi connectivity index (χ1) is 18.6. The zero-order chi connectivity index (χ0) is 29.3. The van der Waals surface area contributed by atoms with Crippen molar-refractivity contribution in [2.45, 2.75) is 64.9 Å². The van der Waals surface area contributed by atoms with Crippen LogP contribution in [0.2, 0.25) is 23.3 Å². The minimum atomic E-state index is -1.84. The smallest absolute Gasteiger partial charge is 0.354 e. The number of hydrogen-bond donors (Lipinski definition) is 2. The summed E-state index contributed by atoms with van der Waals surface area (Å²) >= 11 is 6.29. The van der Waals surface area contributed by atoms with E-state index in [0.717, 1.165) is 24.2 Å². The Morgan fingerprint density at radius 2 is 1.85 bits per heavy atom. The Bertz CT molecular complexity index is 1550. The van der Waals surface area contributed by atoms with Gasteiger partial charge >= 0.3 is 5.97 Å². The van der Waals surface area contributed by atoms with E-state index in [-0.39, 0.29) is 27.5 Å². The van der Waals surface area contributed by atoms with E-state index in [0.29, 0.717) is 40.5 Å². The Hall–Kier alpha value is -2.95. The highest BCUT2D eigenvalue weighted by Gasteiger charge is 2.59. The topological polar surface area (TPSA) is 110 Å². The zero-order valence-electron chi connectivity index (χ0n) is 24.4. The maximum absolute atomic E-state index is 13.6. The number of nitrogens with zero attached hydrogens (tertiary/aromatic N) is 4. The number of aryl methyl sites for hydroxylation is 1. The number of hydrogen-bond acceptors (Lipinski definition) is 7. The highest BCUT2D eigenvalue weighted by molar-refractivity contribution is 6.74. The summed E-state index contributed by atoms with van der Waals surface area (Å²) < 4.78 is 8.36. The summed E-state index contributed by atoms with van der Waals surface area (Å²) in [5.41, 5.74) is 2.74. The van der Waals surface area contributed by atoms with E-state index in [1.54, 1.807) is 17.7 Å². The van der Waals surface area contributed by atoms with Gasteiger partial charge in [-0.3, -0.25) is 9.36 Å². The maximum atomic E-state index is 13.6. The lowest BCUT2D eigenvalue weighted by Crippen LogP contribution is -2.43. The first-order valence-electron chi connectivity index (χ1n) is 13.7. The molecule has 3 atom stereocenters. The van der Waals surface area contributed by atoms with Gasteiger partial charge in [-0.15, -0.1) is 0 Å². The number of fused-ring (bicyclic) bond motifs is 2. The van der Waals surface area contributed by atoms with Crippen LogP contribution in [0.25, 0.3) is 10.9 Å². The van der Waals surface area contributed by atoms with Gasteiger partial charge in [0.05, 0.1) is 28.7 Å². The van der Waals surface area contributed by atoms with Gasteiger partial charge in [0.1, 0.15) is 5.69 Å². The largest absolute Gasteiger partial charge is 0.477 e. The number of carboxylic acids is 1. The predicted octanol–water partition coefficient (Wildman–Crippen LogP) is 5.62. The minimum Gasteiger partial charge on any atom is -0.477 e. The van der Waals surface area contributed by atoms with E-state index >= 15 is 0 Å². The van der Waals surface area contributed by atoms with Crippen molar-refractivity contribution < 1.29 is 14.3 Å². The van der Waals surface area contributed by atoms with Crippen LogP contribution < -0.4 is 15.8 Å². The molecule has 3 aromatic rings. The number of benzene rings is 1. The highest BCUT2D eigenvalue weighted by Crippen LogP contribution is 2.52. The number of aromatic carboxylic acids is 1. The molecule has 0 bridgehead atoms. The highest BCUT2D eigenvalue weighted by atomic mass is 35.5. The molecule has 2 fully saturated rings. The second-order valence-corrected chi connectivity index (χ2v) is 17.9. The molecule has 3 unspecified atom stereocenters. The van der Waals surface area contributed by atoms with E-state index in [9.17, 15) is 14.7 Å². The fourth-order valence-electron chi connectivity index (χ4n) is 5.45. The molecule has 1 aliphatic heterocycles. The number of rotatable bonds is 7. The van der Waals surface area contributed by atoms with Crippen molar-refractivity contribution in [1.82, 2.24) is 14.5 Å². The number of piperidine rings is 1. The van der Waals surface area contributed by atoms with Gasteiger partial charge in [0.2, 0.25) is 5.95 Å². The summed E-state index contributed by atoms with van der Waals surface area (Å²) in [5, 5.41) is 13.3. The molecule has 2 aliphatic rings. The molecule has 0 amide bonds. The average molecular weight is 584 g/mol. The molecule has 1 saturated heterocycles. The van der Waals surface area contributed by atoms with Gasteiger partial charge in [-0.25, -0.2) is 14.8 Å². The Labute approximate surface area is 240 Å². The summed E-state index contributed by atoms with van der Waals surface area (Å²) in [7, 11) is -0.0503. The van der Waals surface area contributed by atoms with E-state index in [1.807, 2.05) is 26.0 Å². The van der Waals surface area contributed by atoms with E-state index in [2.05, 4.69) is 49.1 Å². The van der Waals surface area contributed by atoms with Crippen molar-refractivity contribution in [3.8, 4) is 0 Å². The van der Waals surface area contributed by atoms with Gasteiger partial charge in [-0.1, -0.05) is 38.4 Å². The Morgan fingerprint density at radius 3 is 2.42 bits per heavy atom. The molecule has 0 radical (unpaired) electrons. The van der Waals surface area contributed by atoms with Gasteiger partial charge in [-0.2, -0.15) is 0 Å². The summed E-state index contributed by atoms with van der Waals surface area (Å²) in [6, 6.07) is 6.63. The number of carbonyl (C=O) groups is 1. The number of nitrogens with one attached hydrogen (secondary N) is 1. The zero-order valence-corrected chi connectivity index (χ0v) is 26.1. The van der Waals surface area contributed by atoms with Crippen LogP contribution in [-0.4, -0.2) is 53.1 Å². The van der Waals surface area contributed by atoms with Gasteiger partial charge in [0.15, 0.2) is 13.5 Å². The number of aromatic nitrogens is 3. The fourth-order valence-corrected chi connectivity index (χ4v) is 7.05. The lowest BCUT2D eigenvalue weighted by molar-refractivity contribution is 0.0690. The summed E-state index contributed by atoms with van der Waals surface area (Å²) in [6.07, 6.45) is 0.294. The molecule has 2 aromatic heterocycles. The second-order valence-electron chi connectivity index (χ2n) is 12.8. The van der Waals surface area contributed by atoms with Crippen LogP contribution in [0.5, 0.6) is 0 Å². The van der Waals surface area contributed by atoms with Crippen molar-refractivity contribution in [3.05, 3.63) is 56.6 Å². The monoisotopic (exact) mass is 583 g/mol. The van der Waals surface area contributed by atoms with Crippen LogP contribution >= 0.6 is 11.6 Å². The molecule has 214 valence electrons. The molecule has 9 nitrogen and oxygen atoms in total. The van der Waals surface area contributed by atoms with Crippen LogP contribution in [0.4, 0.5) is 11.6 Å². The molecule has 40 heavy (non-hydrogen) atoms. The van der Waals surface area contributed by atoms with Gasteiger partial charge in [0.25, 0.3) is 5.56 Å². The first-order valence-corrected chi connectivity index (χ1v) is 17.0. The molecular formula is C29H38ClN5O4Si. The average Bonchev–Trinajstić information content (AvgIpc) is 3.27. The number of pyridine rings is 1. The third-order valence-corrected chi connectivity index (χ3v) is 13.6. The van der Waals surface area contributed by atoms with Crippen LogP contribution in [0.1, 0.15) is 55.4 Å². The quantitative estimate of drug-likeness (QED) is 0.272. The molecular weight excluding hydrogens is 546 g/mol. The van der Waals surface area contributed by atoms with Crippen molar-refractivity contribution >= 4 is 48.4 Å². The van der Waals surface area contributed by atoms with Crippen molar-refractivity contribution in [2.24, 2.45) is 18.9 Å². The van der Waals surface area contributed by atoms with Crippen LogP contribution in [0.15, 0.2) is 29.1 Å². The summed E-state index contributed by atoms with van der Waals surface area (Å²) in [4.78, 5) is 36.1. The predicted molar refractivity (Wildman–Crippen MR) is 161 cm³/mol. The normalized spacial score (nSPS) is 21.4. The molecule has 5 rings (SSSR count). The standard InChI is InChI=1S/C29H38ClN5O4Si/c1-15-11-17(16(2)31-21-9-10-22(27(37)38)32-25(21)30)23-18(12-15)26(36)34(6)28(33-23)35-13-19-20(14-35)24(19)39-40(7,8)29(3,4)5/h9-12,16,19-20,24,31H,13-14H2,1-8H3,(H,37,38). The first kappa shape index (κ1) is 28.6. The molecule has 11 heteroatoms. The van der Waals surface area contributed by atoms with Crippen LogP contribution in [0, 0.1) is 18.8 Å². The third kappa shape index (κ3) is 5.01. The molecule has 0 spiro atoms. The molecule has 1 aromatic carbocycles. The van der Waals surface area contributed by atoms with E-state index in [1.165, 1.54) is 6.07 Å². The van der Waals surface area contributed by atoms with Gasteiger partial charge in [-0.05, 0) is 55.7 Å². The van der Waals surface area contributed by atoms with Gasteiger partial charge in [0, 0.05) is 37.5 Å². The van der Waals surface area contributed by atoms with Gasteiger partial charge < -0.3 is 19.7 Å². The number of halogens is 1. The number of anilines is 2. The van der Waals surface area contributed by atoms with E-state index < -0.39 is 14.3 Å². The molecule has 1 aliphatic carbocycles. The third-order valence-electron chi connectivity index (χ3n) is 8.87. The SMILES string of the molecule is Cc1cc(C(C)Nc2ccc(C(=O)O)nc2Cl)c2nc(N3CC4C(C3)C4O[Si](C)(C)C(C)(C)C)n(C)c(=O)c2c1. The Morgan fingerprint density at radius 1 is 1.20 bits per heavy atom. The van der Waals surface area contributed by atoms with Crippen LogP contribution in [-0.2, 0) is 11.5 Å². The van der Waals surface area contributed by atoms with Crippen molar-refractivity contribution in [2.75, 3.05) is 23.3 Å². The van der Waals surface area contributed by atoms with Crippen LogP contribution in [0.3, 0.4) is 0 Å². The maximum Gasteiger partial charge on any atom is 0.354 e. The second kappa shape index (κ2) is 9.85. The number of carboxylic acid groups (broad SMARTS) is 1. The van der Waals surface area contributed by atoms with Crippen molar-refractivity contribution in [1.29, 1.82) is 0 Å². The minimum absolute atomic E-state index is 0.0686. The van der Waals surface area contributed by atoms with Crippen molar-refractivity contribution in [3.63, 3.8) is 0 Å². The Kier molecular flexibility index (Phi) is 7.04.